The highest BCUT2D eigenvalue weighted by molar-refractivity contribution is 4.68. The molecule has 2 nitrogen and oxygen atoms in total. The van der Waals surface area contributed by atoms with Gasteiger partial charge in [-0.2, -0.15) is 0 Å². The minimum atomic E-state index is 0.416. The van der Waals surface area contributed by atoms with E-state index in [-0.39, 0.29) is 0 Å². The van der Waals surface area contributed by atoms with Gasteiger partial charge in [-0.05, 0) is 18.8 Å². The van der Waals surface area contributed by atoms with Gasteiger partial charge in [-0.3, -0.25) is 0 Å². The Morgan fingerprint density at radius 1 is 0.857 bits per heavy atom. The van der Waals surface area contributed by atoms with Crippen molar-refractivity contribution in [1.82, 2.24) is 0 Å². The highest BCUT2D eigenvalue weighted by Gasteiger charge is 2.22. The van der Waals surface area contributed by atoms with Gasteiger partial charge in [0.2, 0.25) is 0 Å². The lowest BCUT2D eigenvalue weighted by molar-refractivity contribution is 0.0787. The maximum Gasteiger partial charge on any atom is 0.104 e. The average Bonchev–Trinajstić information content (AvgIpc) is 3.30. The van der Waals surface area contributed by atoms with Crippen LogP contribution >= 0.6 is 0 Å². The summed E-state index contributed by atoms with van der Waals surface area (Å²) < 4.78 is 11.1. The number of rotatable bonds is 16. The lowest BCUT2D eigenvalue weighted by Gasteiger charge is -2.17. The molecule has 1 atom stereocenters. The molecule has 1 unspecified atom stereocenters. The Labute approximate surface area is 133 Å². The lowest BCUT2D eigenvalue weighted by Crippen LogP contribution is -2.13. The first-order chi connectivity index (χ1) is 10.4. The van der Waals surface area contributed by atoms with Gasteiger partial charge in [0.05, 0.1) is 13.2 Å². The molecule has 2 heteroatoms. The van der Waals surface area contributed by atoms with Crippen LogP contribution in [0.5, 0.6) is 0 Å². The van der Waals surface area contributed by atoms with Crippen molar-refractivity contribution in [1.29, 1.82) is 0 Å². The number of hydrogen-bond donors (Lipinski definition) is 0. The maximum absolute atomic E-state index is 5.85. The third-order valence-corrected chi connectivity index (χ3v) is 4.49. The molecule has 0 saturated carbocycles. The zero-order chi connectivity index (χ0) is 15.2. The number of ether oxygens (including phenoxy) is 2. The summed E-state index contributed by atoms with van der Waals surface area (Å²) >= 11 is 0. The first-order valence-corrected chi connectivity index (χ1v) is 9.56. The second-order valence-corrected chi connectivity index (χ2v) is 6.76. The van der Waals surface area contributed by atoms with E-state index in [0.717, 1.165) is 25.7 Å². The van der Waals surface area contributed by atoms with Crippen LogP contribution in [0.15, 0.2) is 0 Å². The fraction of sp³-hybridized carbons (Fsp3) is 1.00. The van der Waals surface area contributed by atoms with Gasteiger partial charge in [0.25, 0.3) is 0 Å². The molecule has 0 aromatic heterocycles. The molecule has 1 heterocycles. The van der Waals surface area contributed by atoms with E-state index in [1.807, 2.05) is 0 Å². The Bertz CT molecular complexity index is 200. The Hall–Kier alpha value is -0.0800. The van der Waals surface area contributed by atoms with E-state index in [1.165, 1.54) is 77.0 Å². The van der Waals surface area contributed by atoms with Crippen molar-refractivity contribution in [3.63, 3.8) is 0 Å². The molecular formula is C19H38O2. The summed E-state index contributed by atoms with van der Waals surface area (Å²) in [6.45, 7) is 7.27. The molecule has 0 aromatic rings. The molecule has 126 valence electrons. The van der Waals surface area contributed by atoms with Crippen molar-refractivity contribution in [3.8, 4) is 0 Å². The average molecular weight is 299 g/mol. The zero-order valence-corrected chi connectivity index (χ0v) is 14.6. The van der Waals surface area contributed by atoms with Gasteiger partial charge in [0, 0.05) is 6.61 Å². The molecule has 0 N–H and O–H groups in total. The molecule has 0 aliphatic carbocycles. The van der Waals surface area contributed by atoms with Gasteiger partial charge < -0.3 is 9.47 Å². The SMILES string of the molecule is CCCCCCCC(CCCCCCC)COCC1CO1. The zero-order valence-electron chi connectivity index (χ0n) is 14.6. The standard InChI is InChI=1S/C19H38O2/c1-3-5-7-9-11-13-18(14-12-10-8-6-4-2)15-20-16-19-17-21-19/h18-19H,3-17H2,1-2H3. The summed E-state index contributed by atoms with van der Waals surface area (Å²) in [6, 6.07) is 0. The van der Waals surface area contributed by atoms with Crippen LogP contribution < -0.4 is 0 Å². The second kappa shape index (κ2) is 13.6. The van der Waals surface area contributed by atoms with Gasteiger partial charge in [-0.15, -0.1) is 0 Å². The Kier molecular flexibility index (Phi) is 12.3. The quantitative estimate of drug-likeness (QED) is 0.268. The van der Waals surface area contributed by atoms with Crippen molar-refractivity contribution in [2.45, 2.75) is 97.0 Å². The molecule has 0 bridgehead atoms. The molecule has 0 spiro atoms. The molecule has 21 heavy (non-hydrogen) atoms. The topological polar surface area (TPSA) is 21.8 Å². The highest BCUT2D eigenvalue weighted by Crippen LogP contribution is 2.20. The summed E-state index contributed by atoms with van der Waals surface area (Å²) in [7, 11) is 0. The van der Waals surface area contributed by atoms with Gasteiger partial charge >= 0.3 is 0 Å². The molecule has 0 amide bonds. The monoisotopic (exact) mass is 298 g/mol. The normalized spacial score (nSPS) is 17.6. The van der Waals surface area contributed by atoms with Crippen LogP contribution in [-0.4, -0.2) is 25.9 Å². The summed E-state index contributed by atoms with van der Waals surface area (Å²) in [5.74, 6) is 0.784. The third-order valence-electron chi connectivity index (χ3n) is 4.49. The minimum Gasteiger partial charge on any atom is -0.378 e. The molecule has 1 rings (SSSR count). The first kappa shape index (κ1) is 19.0. The fourth-order valence-electron chi connectivity index (χ4n) is 2.91. The first-order valence-electron chi connectivity index (χ1n) is 9.56. The Morgan fingerprint density at radius 2 is 1.38 bits per heavy atom. The van der Waals surface area contributed by atoms with E-state index in [1.54, 1.807) is 0 Å². The second-order valence-electron chi connectivity index (χ2n) is 6.76. The fourth-order valence-corrected chi connectivity index (χ4v) is 2.91. The van der Waals surface area contributed by atoms with Gasteiger partial charge in [0.1, 0.15) is 6.10 Å². The van der Waals surface area contributed by atoms with Gasteiger partial charge in [-0.1, -0.05) is 78.1 Å². The lowest BCUT2D eigenvalue weighted by atomic mass is 9.95. The van der Waals surface area contributed by atoms with Crippen LogP contribution in [0.4, 0.5) is 0 Å². The predicted octanol–water partition coefficient (Wildman–Crippen LogP) is 5.74. The van der Waals surface area contributed by atoms with Crippen LogP contribution in [0.25, 0.3) is 0 Å². The summed E-state index contributed by atoms with van der Waals surface area (Å²) in [5.41, 5.74) is 0. The van der Waals surface area contributed by atoms with Crippen LogP contribution in [0.1, 0.15) is 90.9 Å². The number of unbranched alkanes of at least 4 members (excludes halogenated alkanes) is 8. The number of hydrogen-bond acceptors (Lipinski definition) is 2. The van der Waals surface area contributed by atoms with Crippen LogP contribution in [0, 0.1) is 5.92 Å². The Morgan fingerprint density at radius 3 is 1.86 bits per heavy atom. The van der Waals surface area contributed by atoms with Gasteiger partial charge in [0.15, 0.2) is 0 Å². The van der Waals surface area contributed by atoms with Crippen molar-refractivity contribution >= 4 is 0 Å². The van der Waals surface area contributed by atoms with Crippen molar-refractivity contribution in [2.75, 3.05) is 19.8 Å². The molecule has 1 aliphatic heterocycles. The smallest absolute Gasteiger partial charge is 0.104 e. The molecule has 0 aromatic carbocycles. The third kappa shape index (κ3) is 12.2. The molecule has 1 aliphatic rings. The number of epoxide rings is 1. The van der Waals surface area contributed by atoms with Crippen LogP contribution in [0.3, 0.4) is 0 Å². The van der Waals surface area contributed by atoms with Crippen LogP contribution in [0.2, 0.25) is 0 Å². The van der Waals surface area contributed by atoms with E-state index >= 15 is 0 Å². The summed E-state index contributed by atoms with van der Waals surface area (Å²) in [6.07, 6.45) is 17.0. The molecule has 0 radical (unpaired) electrons. The molecule has 1 saturated heterocycles. The molecule has 1 fully saturated rings. The van der Waals surface area contributed by atoms with E-state index < -0.39 is 0 Å². The van der Waals surface area contributed by atoms with E-state index in [9.17, 15) is 0 Å². The van der Waals surface area contributed by atoms with Crippen molar-refractivity contribution in [2.24, 2.45) is 5.92 Å². The largest absolute Gasteiger partial charge is 0.378 e. The summed E-state index contributed by atoms with van der Waals surface area (Å²) in [5, 5.41) is 0. The van der Waals surface area contributed by atoms with Crippen LogP contribution in [-0.2, 0) is 9.47 Å². The summed E-state index contributed by atoms with van der Waals surface area (Å²) in [4.78, 5) is 0. The molecular weight excluding hydrogens is 260 g/mol. The highest BCUT2D eigenvalue weighted by atomic mass is 16.6. The van der Waals surface area contributed by atoms with Gasteiger partial charge in [-0.25, -0.2) is 0 Å². The predicted molar refractivity (Wildman–Crippen MR) is 90.8 cm³/mol. The Balaban J connectivity index is 2.04. The van der Waals surface area contributed by atoms with Crippen molar-refractivity contribution in [3.05, 3.63) is 0 Å². The van der Waals surface area contributed by atoms with Crippen molar-refractivity contribution < 1.29 is 9.47 Å². The van der Waals surface area contributed by atoms with E-state index in [4.69, 9.17) is 9.47 Å². The minimum absolute atomic E-state index is 0.416. The van der Waals surface area contributed by atoms with E-state index in [0.29, 0.717) is 6.10 Å². The maximum atomic E-state index is 5.85. The van der Waals surface area contributed by atoms with E-state index in [2.05, 4.69) is 13.8 Å².